The quantitative estimate of drug-likeness (QED) is 0.586. The molecule has 4 heteroatoms. The van der Waals surface area contributed by atoms with Gasteiger partial charge in [0.25, 0.3) is 0 Å². The average molecular weight is 240 g/mol. The fourth-order valence-corrected chi connectivity index (χ4v) is 2.38. The van der Waals surface area contributed by atoms with Gasteiger partial charge >= 0.3 is 0 Å². The smallest absolute Gasteiger partial charge is 0.101 e. The zero-order valence-corrected chi connectivity index (χ0v) is 11.0. The van der Waals surface area contributed by atoms with Gasteiger partial charge in [-0.1, -0.05) is 6.07 Å². The Bertz CT molecular complexity index is 307. The Morgan fingerprint density at radius 3 is 3.06 bits per heavy atom. The molecule has 0 saturated heterocycles. The van der Waals surface area contributed by atoms with Gasteiger partial charge in [-0.2, -0.15) is 0 Å². The van der Waals surface area contributed by atoms with Crippen LogP contribution in [0.4, 0.5) is 0 Å². The Kier molecular flexibility index (Phi) is 6.45. The largest absolute Gasteiger partial charge is 0.385 e. The first-order chi connectivity index (χ1) is 7.79. The second kappa shape index (κ2) is 7.65. The van der Waals surface area contributed by atoms with Crippen LogP contribution in [0.3, 0.4) is 0 Å². The summed E-state index contributed by atoms with van der Waals surface area (Å²) in [6, 6.07) is 4.47. The van der Waals surface area contributed by atoms with Gasteiger partial charge in [0, 0.05) is 37.3 Å². The van der Waals surface area contributed by atoms with Gasteiger partial charge in [-0.05, 0) is 26.5 Å². The molecule has 0 aromatic carbocycles. The molecule has 1 rings (SSSR count). The van der Waals surface area contributed by atoms with E-state index in [2.05, 4.69) is 23.3 Å². The number of hydrogen-bond acceptors (Lipinski definition) is 4. The third-order valence-electron chi connectivity index (χ3n) is 2.43. The number of nitrogens with zero attached hydrogens (tertiary/aromatic N) is 1. The fourth-order valence-electron chi connectivity index (χ4n) is 1.38. The van der Waals surface area contributed by atoms with Gasteiger partial charge in [0.2, 0.25) is 0 Å². The van der Waals surface area contributed by atoms with Crippen LogP contribution in [0.1, 0.15) is 24.9 Å². The minimum atomic E-state index is 0.346. The van der Waals surface area contributed by atoms with E-state index in [-0.39, 0.29) is 0 Å². The van der Waals surface area contributed by atoms with Crippen LogP contribution in [-0.4, -0.2) is 31.5 Å². The Hall–Kier alpha value is -0.580. The lowest BCUT2D eigenvalue weighted by molar-refractivity contribution is 0.200. The molecule has 0 saturated carbocycles. The maximum absolute atomic E-state index is 5.03. The summed E-state index contributed by atoms with van der Waals surface area (Å²) in [5.41, 5.74) is 1.27. The van der Waals surface area contributed by atoms with Crippen LogP contribution < -0.4 is 5.32 Å². The van der Waals surface area contributed by atoms with Crippen molar-refractivity contribution in [2.45, 2.75) is 24.4 Å². The molecule has 0 amide bonds. The van der Waals surface area contributed by atoms with Crippen molar-refractivity contribution < 1.29 is 4.74 Å². The van der Waals surface area contributed by atoms with Crippen molar-refractivity contribution in [3.8, 4) is 0 Å². The van der Waals surface area contributed by atoms with Gasteiger partial charge in [-0.3, -0.25) is 0 Å². The van der Waals surface area contributed by atoms with Crippen molar-refractivity contribution in [3.05, 3.63) is 23.9 Å². The summed E-state index contributed by atoms with van der Waals surface area (Å²) in [6.45, 7) is 2.97. The van der Waals surface area contributed by atoms with E-state index in [0.717, 1.165) is 23.8 Å². The van der Waals surface area contributed by atoms with E-state index < -0.39 is 0 Å². The molecule has 0 aliphatic carbocycles. The van der Waals surface area contributed by atoms with E-state index in [4.69, 9.17) is 4.74 Å². The number of rotatable bonds is 7. The van der Waals surface area contributed by atoms with Crippen LogP contribution in [0.5, 0.6) is 0 Å². The number of aromatic nitrogens is 1. The molecule has 1 aromatic rings. The van der Waals surface area contributed by atoms with Crippen molar-refractivity contribution in [1.82, 2.24) is 10.3 Å². The van der Waals surface area contributed by atoms with Gasteiger partial charge in [-0.25, -0.2) is 4.98 Å². The van der Waals surface area contributed by atoms with Gasteiger partial charge in [0.15, 0.2) is 0 Å². The fraction of sp³-hybridized carbons (Fsp3) is 0.583. The highest BCUT2D eigenvalue weighted by atomic mass is 32.2. The zero-order chi connectivity index (χ0) is 11.8. The molecule has 0 aliphatic heterocycles. The number of hydrogen-bond donors (Lipinski definition) is 1. The van der Waals surface area contributed by atoms with E-state index in [0.29, 0.717) is 6.04 Å². The third-order valence-corrected chi connectivity index (χ3v) is 3.54. The first-order valence-electron chi connectivity index (χ1n) is 5.53. The molecule has 3 nitrogen and oxygen atoms in total. The van der Waals surface area contributed by atoms with Crippen molar-refractivity contribution in [3.63, 3.8) is 0 Å². The van der Waals surface area contributed by atoms with E-state index in [1.807, 2.05) is 19.3 Å². The lowest BCUT2D eigenvalue weighted by Crippen LogP contribution is -2.13. The summed E-state index contributed by atoms with van der Waals surface area (Å²) < 4.78 is 5.03. The summed E-state index contributed by atoms with van der Waals surface area (Å²) in [6.07, 6.45) is 2.91. The predicted octanol–water partition coefficient (Wildman–Crippen LogP) is 2.49. The molecule has 0 fully saturated rings. The molecule has 0 spiro atoms. The van der Waals surface area contributed by atoms with E-state index in [1.165, 1.54) is 5.56 Å². The highest BCUT2D eigenvalue weighted by molar-refractivity contribution is 7.99. The lowest BCUT2D eigenvalue weighted by atomic mass is 10.1. The highest BCUT2D eigenvalue weighted by Gasteiger charge is 2.09. The SMILES string of the molecule is CNC(C)c1cccnc1SCCCOC. The molecule has 0 bridgehead atoms. The summed E-state index contributed by atoms with van der Waals surface area (Å²) in [4.78, 5) is 4.43. The summed E-state index contributed by atoms with van der Waals surface area (Å²) in [5.74, 6) is 1.05. The summed E-state index contributed by atoms with van der Waals surface area (Å²) in [5, 5.41) is 4.37. The monoisotopic (exact) mass is 240 g/mol. The molecule has 16 heavy (non-hydrogen) atoms. The predicted molar refractivity (Wildman–Crippen MR) is 68.9 cm³/mol. The number of ether oxygens (including phenoxy) is 1. The van der Waals surface area contributed by atoms with Crippen LogP contribution in [-0.2, 0) is 4.74 Å². The molecule has 90 valence electrons. The van der Waals surface area contributed by atoms with E-state index >= 15 is 0 Å². The van der Waals surface area contributed by atoms with Gasteiger partial charge in [-0.15, -0.1) is 11.8 Å². The van der Waals surface area contributed by atoms with Gasteiger partial charge < -0.3 is 10.1 Å². The van der Waals surface area contributed by atoms with Crippen LogP contribution in [0.25, 0.3) is 0 Å². The molecular formula is C12H20N2OS. The molecule has 1 aromatic heterocycles. The number of nitrogens with one attached hydrogen (secondary N) is 1. The first kappa shape index (κ1) is 13.5. The van der Waals surface area contributed by atoms with Crippen molar-refractivity contribution >= 4 is 11.8 Å². The minimum absolute atomic E-state index is 0.346. The molecule has 1 atom stereocenters. The number of pyridine rings is 1. The van der Waals surface area contributed by atoms with Crippen molar-refractivity contribution in [1.29, 1.82) is 0 Å². The summed E-state index contributed by atoms with van der Waals surface area (Å²) in [7, 11) is 3.71. The van der Waals surface area contributed by atoms with Crippen LogP contribution in [0.2, 0.25) is 0 Å². The molecule has 0 aliphatic rings. The normalized spacial score (nSPS) is 12.7. The van der Waals surface area contributed by atoms with Crippen LogP contribution in [0, 0.1) is 0 Å². The second-order valence-corrected chi connectivity index (χ2v) is 4.69. The number of methoxy groups -OCH3 is 1. The molecule has 0 radical (unpaired) electrons. The second-order valence-electron chi connectivity index (χ2n) is 3.60. The first-order valence-corrected chi connectivity index (χ1v) is 6.52. The zero-order valence-electron chi connectivity index (χ0n) is 10.2. The van der Waals surface area contributed by atoms with Crippen molar-refractivity contribution in [2.75, 3.05) is 26.5 Å². The molecule has 1 N–H and O–H groups in total. The Morgan fingerprint density at radius 1 is 1.56 bits per heavy atom. The van der Waals surface area contributed by atoms with Crippen molar-refractivity contribution in [2.24, 2.45) is 0 Å². The van der Waals surface area contributed by atoms with Gasteiger partial charge in [0.1, 0.15) is 5.03 Å². The van der Waals surface area contributed by atoms with Gasteiger partial charge in [0.05, 0.1) is 0 Å². The molecule has 1 heterocycles. The highest BCUT2D eigenvalue weighted by Crippen LogP contribution is 2.25. The van der Waals surface area contributed by atoms with E-state index in [9.17, 15) is 0 Å². The molecular weight excluding hydrogens is 220 g/mol. The summed E-state index contributed by atoms with van der Waals surface area (Å²) >= 11 is 1.80. The molecule has 1 unspecified atom stereocenters. The average Bonchev–Trinajstić information content (AvgIpc) is 2.34. The number of thioether (sulfide) groups is 1. The topological polar surface area (TPSA) is 34.2 Å². The Morgan fingerprint density at radius 2 is 2.38 bits per heavy atom. The third kappa shape index (κ3) is 4.12. The van der Waals surface area contributed by atoms with E-state index in [1.54, 1.807) is 18.9 Å². The standard InChI is InChI=1S/C12H20N2OS/c1-10(13-2)11-6-4-7-14-12(11)16-9-5-8-15-3/h4,6-7,10,13H,5,8-9H2,1-3H3. The maximum atomic E-state index is 5.03. The Balaban J connectivity index is 2.57. The minimum Gasteiger partial charge on any atom is -0.385 e. The van der Waals surface area contributed by atoms with Crippen LogP contribution >= 0.6 is 11.8 Å². The maximum Gasteiger partial charge on any atom is 0.101 e. The lowest BCUT2D eigenvalue weighted by Gasteiger charge is -2.14. The Labute approximate surface area is 102 Å². The van der Waals surface area contributed by atoms with Crippen LogP contribution in [0.15, 0.2) is 23.4 Å².